The van der Waals surface area contributed by atoms with Crippen LogP contribution in [0.2, 0.25) is 25.7 Å². The highest BCUT2D eigenvalue weighted by Gasteiger charge is 2.47. The fourth-order valence-corrected chi connectivity index (χ4v) is 10.7. The Kier molecular flexibility index (Phi) is 17.0. The summed E-state index contributed by atoms with van der Waals surface area (Å²) in [4.78, 5) is 28.7. The number of nitrogens with one attached hydrogen (secondary N) is 2. The smallest absolute Gasteiger partial charge is 0.356 e. The van der Waals surface area contributed by atoms with E-state index in [-0.39, 0.29) is 31.1 Å². The van der Waals surface area contributed by atoms with Crippen LogP contribution in [0.25, 0.3) is 0 Å². The third-order valence-corrected chi connectivity index (χ3v) is 15.6. The van der Waals surface area contributed by atoms with Crippen LogP contribution in [0, 0.1) is 11.8 Å². The van der Waals surface area contributed by atoms with Crippen LogP contribution in [-0.4, -0.2) is 122 Å². The topological polar surface area (TPSA) is 190 Å². The number of nitrogens with zero attached hydrogens (tertiary/aromatic N) is 9. The number of aromatic amines is 1. The molecule has 70 heavy (non-hydrogen) atoms. The number of amides is 1. The first-order valence-corrected chi connectivity index (χ1v) is 28.4. The van der Waals surface area contributed by atoms with Crippen LogP contribution in [0.1, 0.15) is 124 Å². The Bertz CT molecular complexity index is 2630. The van der Waals surface area contributed by atoms with Crippen LogP contribution in [0.5, 0.6) is 0 Å². The van der Waals surface area contributed by atoms with Gasteiger partial charge in [-0.25, -0.2) is 9.48 Å². The van der Waals surface area contributed by atoms with Crippen molar-refractivity contribution in [2.45, 2.75) is 115 Å². The minimum Gasteiger partial charge on any atom is -0.476 e. The Morgan fingerprint density at radius 2 is 1.40 bits per heavy atom. The highest BCUT2D eigenvalue weighted by molar-refractivity contribution is 6.76. The van der Waals surface area contributed by atoms with Gasteiger partial charge in [-0.3, -0.25) is 19.3 Å². The van der Waals surface area contributed by atoms with Crippen molar-refractivity contribution in [3.63, 3.8) is 0 Å². The number of carboxylic acid groups (broad SMARTS) is 1. The van der Waals surface area contributed by atoms with Gasteiger partial charge in [0.05, 0.1) is 35.9 Å². The van der Waals surface area contributed by atoms with Crippen LogP contribution in [0.15, 0.2) is 85.5 Å². The molecule has 4 aliphatic carbocycles. The minimum absolute atomic E-state index is 0. The second-order valence-electron chi connectivity index (χ2n) is 21.1. The van der Waals surface area contributed by atoms with E-state index in [0.29, 0.717) is 41.6 Å². The molecule has 17 heteroatoms. The summed E-state index contributed by atoms with van der Waals surface area (Å²) in [6.07, 6.45) is 15.8. The maximum absolute atomic E-state index is 12.9. The van der Waals surface area contributed by atoms with Crippen LogP contribution >= 0.6 is 0 Å². The molecule has 2 aromatic carbocycles. The number of aryl methyl sites for hydroxylation is 1. The van der Waals surface area contributed by atoms with Crippen LogP contribution < -0.4 is 11.1 Å². The number of benzene rings is 2. The number of rotatable bonds is 18. The number of nitrogen functional groups attached to an aromatic ring is 1. The number of H-pyrrole nitrogens is 1. The summed E-state index contributed by atoms with van der Waals surface area (Å²) in [5.74, 6) is 1.35. The number of hydrogen-bond donors (Lipinski definition) is 4. The van der Waals surface area contributed by atoms with Gasteiger partial charge in [-0.05, 0) is 133 Å². The molecule has 10 rings (SSSR count). The molecule has 0 saturated heterocycles. The number of anilines is 2. The molecule has 0 aliphatic heterocycles. The molecule has 6 unspecified atom stereocenters. The van der Waals surface area contributed by atoms with E-state index in [1.54, 1.807) is 17.1 Å². The van der Waals surface area contributed by atoms with Gasteiger partial charge >= 0.3 is 5.97 Å². The second kappa shape index (κ2) is 22.9. The summed E-state index contributed by atoms with van der Waals surface area (Å²) in [5, 5.41) is 33.0. The first-order chi connectivity index (χ1) is 33.1. The molecule has 6 aromatic rings. The van der Waals surface area contributed by atoms with Crippen molar-refractivity contribution in [2.75, 3.05) is 58.9 Å². The number of carbonyl (C=O) groups is 2. The lowest BCUT2D eigenvalue weighted by Crippen LogP contribution is -2.22. The molecule has 0 bridgehead atoms. The number of aromatic carboxylic acids is 1. The Labute approximate surface area is 415 Å². The minimum atomic E-state index is -1.09. The van der Waals surface area contributed by atoms with Crippen molar-refractivity contribution >= 4 is 31.3 Å². The van der Waals surface area contributed by atoms with Crippen molar-refractivity contribution in [2.24, 2.45) is 11.8 Å². The van der Waals surface area contributed by atoms with Crippen molar-refractivity contribution in [1.82, 2.24) is 49.3 Å². The zero-order valence-corrected chi connectivity index (χ0v) is 42.5. The van der Waals surface area contributed by atoms with Crippen molar-refractivity contribution < 1.29 is 19.4 Å². The number of hydrogen-bond acceptors (Lipinski definition) is 10. The maximum atomic E-state index is 12.9. The van der Waals surface area contributed by atoms with E-state index in [1.165, 1.54) is 24.0 Å². The normalized spacial score (nSPS) is 19.2. The lowest BCUT2D eigenvalue weighted by molar-refractivity contribution is 0.0668. The first-order valence-electron chi connectivity index (χ1n) is 24.7. The van der Waals surface area contributed by atoms with Crippen molar-refractivity contribution in [3.05, 3.63) is 130 Å². The van der Waals surface area contributed by atoms with Gasteiger partial charge in [-0.15, -0.1) is 0 Å². The van der Waals surface area contributed by atoms with E-state index >= 15 is 0 Å². The highest BCUT2D eigenvalue weighted by atomic mass is 28.3. The average molecular weight is 973 g/mol. The fraction of sp³-hybridized carbons (Fsp3) is 0.509. The summed E-state index contributed by atoms with van der Waals surface area (Å²) in [6.45, 7) is 10.0. The van der Waals surface area contributed by atoms with Gasteiger partial charge in [0.2, 0.25) is 0 Å². The van der Waals surface area contributed by atoms with E-state index < -0.39 is 14.0 Å². The van der Waals surface area contributed by atoms with Crippen LogP contribution in [-0.2, 0) is 24.3 Å². The van der Waals surface area contributed by atoms with Gasteiger partial charge in [-0.2, -0.15) is 20.4 Å². The number of fused-ring (bicyclic) bond motifs is 6. The Morgan fingerprint density at radius 1 is 0.829 bits per heavy atom. The number of carbonyl (C=O) groups excluding carboxylic acids is 1. The van der Waals surface area contributed by atoms with Crippen LogP contribution in [0.3, 0.4) is 0 Å². The molecule has 6 atom stereocenters. The van der Waals surface area contributed by atoms with Gasteiger partial charge in [0.1, 0.15) is 6.73 Å². The Morgan fingerprint density at radius 3 is 1.96 bits per heavy atom. The predicted octanol–water partition coefficient (Wildman–Crippen LogP) is 9.04. The number of ether oxygens (including phenoxy) is 1. The van der Waals surface area contributed by atoms with Crippen molar-refractivity contribution in [1.29, 1.82) is 0 Å². The molecule has 4 aliphatic rings. The molecule has 4 heterocycles. The molecule has 2 saturated carbocycles. The van der Waals surface area contributed by atoms with E-state index in [0.717, 1.165) is 92.7 Å². The number of carboxylic acids is 1. The van der Waals surface area contributed by atoms with Gasteiger partial charge < -0.3 is 30.7 Å². The van der Waals surface area contributed by atoms with Crippen LogP contribution in [0.4, 0.5) is 11.4 Å². The largest absolute Gasteiger partial charge is 0.476 e. The molecule has 0 spiro atoms. The summed E-state index contributed by atoms with van der Waals surface area (Å²) in [7, 11) is 7.23. The zero-order valence-electron chi connectivity index (χ0n) is 41.5. The second-order valence-corrected chi connectivity index (χ2v) is 26.7. The average Bonchev–Trinajstić information content (AvgIpc) is 4.02. The molecule has 4 aromatic heterocycles. The lowest BCUT2D eigenvalue weighted by Gasteiger charge is -2.20. The molecule has 376 valence electrons. The first kappa shape index (κ1) is 52.0. The van der Waals surface area contributed by atoms with E-state index in [2.05, 4.69) is 137 Å². The van der Waals surface area contributed by atoms with E-state index in [4.69, 9.17) is 10.5 Å². The summed E-state index contributed by atoms with van der Waals surface area (Å²) >= 11 is 0. The Hall–Kier alpha value is -5.88. The monoisotopic (exact) mass is 973 g/mol. The molecule has 1 amide bonds. The molecule has 5 N–H and O–H groups in total. The SMILES string of the molecule is C.CN(C)CCC(c1ccccc1)n1cc(N)cn1.CN(C)CCC(c1ccccc1)n1cc(NC(=O)c2n[nH]c3c2C2CC2CC3)cn1.C[Si](C)(C)CCOCn1nc(C(=O)O)c2c1CCC1CC21. The molecule has 2 fully saturated rings. The number of aromatic nitrogens is 8. The van der Waals surface area contributed by atoms with Gasteiger partial charge in [-0.1, -0.05) is 87.7 Å². The molecular weight excluding hydrogens is 897 g/mol. The third kappa shape index (κ3) is 13.1. The lowest BCUT2D eigenvalue weighted by atomic mass is 9.95. The summed E-state index contributed by atoms with van der Waals surface area (Å²) in [6, 6.07) is 22.3. The quantitative estimate of drug-likeness (QED) is 0.0475. The van der Waals surface area contributed by atoms with E-state index in [9.17, 15) is 14.7 Å². The summed E-state index contributed by atoms with van der Waals surface area (Å²) in [5.41, 5.74) is 14.8. The molecular formula is C53H76N12O4Si. The van der Waals surface area contributed by atoms with Gasteiger partial charge in [0.15, 0.2) is 11.4 Å². The zero-order chi connectivity index (χ0) is 48.8. The van der Waals surface area contributed by atoms with Gasteiger partial charge in [0.25, 0.3) is 5.91 Å². The molecule has 16 nitrogen and oxygen atoms in total. The van der Waals surface area contributed by atoms with Crippen molar-refractivity contribution in [3.8, 4) is 0 Å². The van der Waals surface area contributed by atoms with E-state index in [1.807, 2.05) is 33.9 Å². The fourth-order valence-electron chi connectivity index (χ4n) is 9.90. The maximum Gasteiger partial charge on any atom is 0.356 e. The predicted molar refractivity (Wildman–Crippen MR) is 279 cm³/mol. The highest BCUT2D eigenvalue weighted by Crippen LogP contribution is 2.56. The molecule has 0 radical (unpaired) electrons. The Balaban J connectivity index is 0.000000160. The number of nitrogens with two attached hydrogens (primary N) is 1. The van der Waals surface area contributed by atoms with Gasteiger partial charge in [0, 0.05) is 49.6 Å². The third-order valence-electron chi connectivity index (χ3n) is 13.9. The standard InChI is InChI=1S/C23H28N6O.C15H24N2O3Si.C14H20N4.CH4/c1-28(2)11-10-20(15-6-4-3-5-7-15)29-14-17(13-24-29)25-23(30)22-21-18-12-16(18)8-9-19(21)26-27-22;1-21(2,3)7-6-20-9-17-12-5-4-10-8-11(10)13(12)14(16-17)15(18)19;1-17(2)9-8-14(12-6-4-3-5-7-12)18-11-13(15)10-16-18;/h3-7,13-14,16,18,20H,8-12H2,1-2H3,(H,25,30)(H,26,27);10-11H,4-9H2,1-3H3,(H,18,19);3-7,10-11,14H,8-9,15H2,1-2H3;1H4. The summed E-state index contributed by atoms with van der Waals surface area (Å²) < 4.78 is 11.4.